The summed E-state index contributed by atoms with van der Waals surface area (Å²) in [7, 11) is 0. The van der Waals surface area contributed by atoms with E-state index < -0.39 is 23.6 Å². The monoisotopic (exact) mass is 396 g/mol. The van der Waals surface area contributed by atoms with Gasteiger partial charge in [0.25, 0.3) is 5.91 Å². The molecule has 124 valence electrons. The van der Waals surface area contributed by atoms with Crippen LogP contribution in [-0.4, -0.2) is 30.0 Å². The molecule has 24 heavy (non-hydrogen) atoms. The second-order valence-electron chi connectivity index (χ2n) is 5.01. The largest absolute Gasteiger partial charge is 0.336 e. The van der Waals surface area contributed by atoms with Crippen LogP contribution in [0, 0.1) is 11.6 Å². The summed E-state index contributed by atoms with van der Waals surface area (Å²) in [5, 5.41) is 4.99. The molecule has 1 aliphatic rings. The molecule has 1 aliphatic heterocycles. The number of carbonyl (C=O) groups is 2. The molecule has 2 heterocycles. The zero-order valence-corrected chi connectivity index (χ0v) is 13.7. The first-order valence-corrected chi connectivity index (χ1v) is 7.71. The zero-order valence-electron chi connectivity index (χ0n) is 12.1. The van der Waals surface area contributed by atoms with Crippen LogP contribution >= 0.6 is 15.9 Å². The van der Waals surface area contributed by atoms with Gasteiger partial charge < -0.3 is 10.6 Å². The lowest BCUT2D eigenvalue weighted by Gasteiger charge is -2.16. The highest BCUT2D eigenvalue weighted by Crippen LogP contribution is 2.25. The van der Waals surface area contributed by atoms with Crippen LogP contribution in [0.3, 0.4) is 0 Å². The number of aromatic nitrogens is 1. The third-order valence-electron chi connectivity index (χ3n) is 3.39. The number of carbonyl (C=O) groups excluding carboxylic acids is 2. The normalized spacial score (nSPS) is 13.8. The Bertz CT molecular complexity index is 831. The molecule has 2 N–H and O–H groups in total. The van der Waals surface area contributed by atoms with Crippen molar-refractivity contribution in [2.45, 2.75) is 0 Å². The first-order chi connectivity index (χ1) is 11.5. The number of urea groups is 1. The average Bonchev–Trinajstić information content (AvgIpc) is 2.93. The van der Waals surface area contributed by atoms with Gasteiger partial charge in [-0.3, -0.25) is 14.7 Å². The van der Waals surface area contributed by atoms with Crippen molar-refractivity contribution in [1.82, 2.24) is 10.3 Å². The van der Waals surface area contributed by atoms with Gasteiger partial charge in [-0.2, -0.15) is 0 Å². The summed E-state index contributed by atoms with van der Waals surface area (Å²) in [6, 6.07) is 2.70. The lowest BCUT2D eigenvalue weighted by atomic mass is 10.1. The molecule has 0 bridgehead atoms. The Morgan fingerprint density at radius 2 is 2.04 bits per heavy atom. The van der Waals surface area contributed by atoms with E-state index in [1.807, 2.05) is 0 Å². The van der Waals surface area contributed by atoms with Crippen molar-refractivity contribution in [1.29, 1.82) is 0 Å². The van der Waals surface area contributed by atoms with Gasteiger partial charge in [-0.25, -0.2) is 13.6 Å². The minimum Gasteiger partial charge on any atom is -0.336 e. The molecule has 1 saturated heterocycles. The molecular formula is C15H11BrF2N4O2. The van der Waals surface area contributed by atoms with Crippen molar-refractivity contribution in [3.63, 3.8) is 0 Å². The fourth-order valence-electron chi connectivity index (χ4n) is 2.30. The van der Waals surface area contributed by atoms with Crippen LogP contribution in [0.1, 0.15) is 10.4 Å². The van der Waals surface area contributed by atoms with Crippen molar-refractivity contribution in [3.8, 4) is 0 Å². The SMILES string of the molecule is O=C(Nc1cncc(Br)c1)c1cc(N2CCNC2=O)c(F)cc1F. The number of hydrogen-bond acceptors (Lipinski definition) is 3. The quantitative estimate of drug-likeness (QED) is 0.837. The van der Waals surface area contributed by atoms with Gasteiger partial charge >= 0.3 is 6.03 Å². The van der Waals surface area contributed by atoms with Crippen LogP contribution in [-0.2, 0) is 0 Å². The van der Waals surface area contributed by atoms with E-state index in [-0.39, 0.29) is 17.8 Å². The lowest BCUT2D eigenvalue weighted by molar-refractivity contribution is 0.102. The fraction of sp³-hybridized carbons (Fsp3) is 0.133. The Labute approximate surface area is 144 Å². The number of benzene rings is 1. The summed E-state index contributed by atoms with van der Waals surface area (Å²) in [6.07, 6.45) is 2.91. The van der Waals surface area contributed by atoms with E-state index in [1.54, 1.807) is 6.07 Å². The Morgan fingerprint density at radius 1 is 1.25 bits per heavy atom. The van der Waals surface area contributed by atoms with E-state index in [2.05, 4.69) is 31.5 Å². The van der Waals surface area contributed by atoms with Crippen LogP contribution < -0.4 is 15.5 Å². The molecule has 2 aromatic rings. The van der Waals surface area contributed by atoms with Crippen molar-refractivity contribution < 1.29 is 18.4 Å². The summed E-state index contributed by atoms with van der Waals surface area (Å²) < 4.78 is 28.6. The van der Waals surface area contributed by atoms with Crippen LogP contribution in [0.4, 0.5) is 25.0 Å². The second-order valence-corrected chi connectivity index (χ2v) is 5.93. The molecule has 0 spiro atoms. The van der Waals surface area contributed by atoms with Gasteiger partial charge in [-0.15, -0.1) is 0 Å². The van der Waals surface area contributed by atoms with Gasteiger partial charge in [0.2, 0.25) is 0 Å². The lowest BCUT2D eigenvalue weighted by Crippen LogP contribution is -2.29. The molecule has 1 aromatic carbocycles. The van der Waals surface area contributed by atoms with Gasteiger partial charge in [-0.1, -0.05) is 0 Å². The van der Waals surface area contributed by atoms with E-state index in [4.69, 9.17) is 0 Å². The molecule has 9 heteroatoms. The Hall–Kier alpha value is -2.55. The van der Waals surface area contributed by atoms with Crippen LogP contribution in [0.2, 0.25) is 0 Å². The molecule has 6 nitrogen and oxygen atoms in total. The number of anilines is 2. The minimum atomic E-state index is -1.02. The van der Waals surface area contributed by atoms with E-state index >= 15 is 0 Å². The molecule has 3 amide bonds. The van der Waals surface area contributed by atoms with Gasteiger partial charge in [0.1, 0.15) is 11.6 Å². The summed E-state index contributed by atoms with van der Waals surface area (Å²) in [4.78, 5) is 28.9. The first-order valence-electron chi connectivity index (χ1n) is 6.92. The highest BCUT2D eigenvalue weighted by Gasteiger charge is 2.26. The summed E-state index contributed by atoms with van der Waals surface area (Å²) in [5.74, 6) is -2.70. The number of amides is 3. The van der Waals surface area contributed by atoms with E-state index in [9.17, 15) is 18.4 Å². The number of nitrogens with one attached hydrogen (secondary N) is 2. The van der Waals surface area contributed by atoms with Gasteiger partial charge in [-0.05, 0) is 28.1 Å². The number of rotatable bonds is 3. The maximum Gasteiger partial charge on any atom is 0.322 e. The predicted molar refractivity (Wildman–Crippen MR) is 87.0 cm³/mol. The first kappa shape index (κ1) is 16.3. The fourth-order valence-corrected chi connectivity index (χ4v) is 2.66. The van der Waals surface area contributed by atoms with Crippen molar-refractivity contribution >= 4 is 39.2 Å². The summed E-state index contributed by atoms with van der Waals surface area (Å²) >= 11 is 3.21. The predicted octanol–water partition coefficient (Wildman–Crippen LogP) is 2.90. The number of halogens is 3. The summed E-state index contributed by atoms with van der Waals surface area (Å²) in [5.41, 5.74) is -0.173. The third kappa shape index (κ3) is 3.21. The number of nitrogens with zero attached hydrogens (tertiary/aromatic N) is 2. The van der Waals surface area contributed by atoms with E-state index in [1.165, 1.54) is 12.4 Å². The molecule has 3 rings (SSSR count). The van der Waals surface area contributed by atoms with E-state index in [0.29, 0.717) is 22.8 Å². The Kier molecular flexibility index (Phi) is 4.43. The maximum absolute atomic E-state index is 14.0. The Morgan fingerprint density at radius 3 is 2.71 bits per heavy atom. The zero-order chi connectivity index (χ0) is 17.3. The Balaban J connectivity index is 1.92. The molecule has 0 saturated carbocycles. The molecule has 1 aromatic heterocycles. The van der Waals surface area contributed by atoms with Crippen molar-refractivity contribution in [2.24, 2.45) is 0 Å². The highest BCUT2D eigenvalue weighted by molar-refractivity contribution is 9.10. The molecule has 0 atom stereocenters. The van der Waals surface area contributed by atoms with E-state index in [0.717, 1.165) is 11.0 Å². The van der Waals surface area contributed by atoms with Gasteiger partial charge in [0, 0.05) is 29.8 Å². The van der Waals surface area contributed by atoms with Crippen molar-refractivity contribution in [2.75, 3.05) is 23.3 Å². The number of hydrogen-bond donors (Lipinski definition) is 2. The molecule has 0 radical (unpaired) electrons. The van der Waals surface area contributed by atoms with Crippen molar-refractivity contribution in [3.05, 3.63) is 52.3 Å². The van der Waals surface area contributed by atoms with Crippen LogP contribution in [0.15, 0.2) is 35.1 Å². The topological polar surface area (TPSA) is 74.3 Å². The third-order valence-corrected chi connectivity index (χ3v) is 3.83. The molecular weight excluding hydrogens is 386 g/mol. The standard InChI is InChI=1S/C15H11BrF2N4O2/c16-8-3-9(7-19-6-8)21-14(23)10-4-13(12(18)5-11(10)17)22-2-1-20-15(22)24/h3-7H,1-2H2,(H,20,24)(H,21,23). The molecule has 1 fully saturated rings. The molecule has 0 aliphatic carbocycles. The highest BCUT2D eigenvalue weighted by atomic mass is 79.9. The summed E-state index contributed by atoms with van der Waals surface area (Å²) in [6.45, 7) is 0.582. The smallest absolute Gasteiger partial charge is 0.322 e. The van der Waals surface area contributed by atoms with Crippen LogP contribution in [0.25, 0.3) is 0 Å². The number of pyridine rings is 1. The van der Waals surface area contributed by atoms with Gasteiger partial charge in [0.05, 0.1) is 23.1 Å². The maximum atomic E-state index is 14.0. The minimum absolute atomic E-state index is 0.149. The molecule has 0 unspecified atom stereocenters. The van der Waals surface area contributed by atoms with Crippen LogP contribution in [0.5, 0.6) is 0 Å². The second kappa shape index (κ2) is 6.52. The van der Waals surface area contributed by atoms with Gasteiger partial charge in [0.15, 0.2) is 0 Å². The average molecular weight is 397 g/mol.